The molecule has 1 aromatic carbocycles. The van der Waals surface area contributed by atoms with Gasteiger partial charge in [0.05, 0.1) is 12.8 Å². The lowest BCUT2D eigenvalue weighted by Crippen LogP contribution is -2.12. The van der Waals surface area contributed by atoms with Crippen LogP contribution in [0.5, 0.6) is 0 Å². The second-order valence-corrected chi connectivity index (χ2v) is 3.96. The molecule has 0 aliphatic rings. The molecule has 0 bridgehead atoms. The zero-order chi connectivity index (χ0) is 12.6. The molecule has 1 aromatic heterocycles. The molecular weight excluding hydrogens is 228 g/mol. The maximum atomic E-state index is 5.34. The van der Waals surface area contributed by atoms with Gasteiger partial charge in [0.15, 0.2) is 5.82 Å². The molecule has 0 spiro atoms. The second-order valence-electron chi connectivity index (χ2n) is 3.96. The Morgan fingerprint density at radius 2 is 2.11 bits per heavy atom. The number of nitrogens with one attached hydrogen (secondary N) is 1. The van der Waals surface area contributed by atoms with Gasteiger partial charge >= 0.3 is 0 Å². The fourth-order valence-electron chi connectivity index (χ4n) is 1.72. The van der Waals surface area contributed by atoms with Gasteiger partial charge in [-0.25, -0.2) is 0 Å². The van der Waals surface area contributed by atoms with Gasteiger partial charge in [0, 0.05) is 30.5 Å². The minimum atomic E-state index is 0.572. The molecule has 0 amide bonds. The van der Waals surface area contributed by atoms with Crippen molar-refractivity contribution in [1.82, 2.24) is 10.2 Å². The van der Waals surface area contributed by atoms with Gasteiger partial charge in [-0.3, -0.25) is 0 Å². The van der Waals surface area contributed by atoms with Crippen LogP contribution in [0, 0.1) is 0 Å². The number of nitrogens with two attached hydrogens (primary N) is 1. The predicted molar refractivity (Wildman–Crippen MR) is 72.5 cm³/mol. The molecule has 0 aliphatic carbocycles. The monoisotopic (exact) mass is 246 g/mol. The number of hydrogen-bond acceptors (Lipinski definition) is 5. The molecule has 0 fully saturated rings. The molecule has 0 atom stereocenters. The summed E-state index contributed by atoms with van der Waals surface area (Å²) in [5, 5.41) is 13.6. The lowest BCUT2D eigenvalue weighted by atomic mass is 10.2. The molecule has 1 heterocycles. The lowest BCUT2D eigenvalue weighted by Gasteiger charge is -2.07. The maximum Gasteiger partial charge on any atom is 0.156 e. The van der Waals surface area contributed by atoms with Gasteiger partial charge in [-0.15, -0.1) is 5.10 Å². The Morgan fingerprint density at radius 1 is 1.22 bits per heavy atom. The Kier molecular flexibility index (Phi) is 4.87. The van der Waals surface area contributed by atoms with Crippen LogP contribution in [0.2, 0.25) is 0 Å². The van der Waals surface area contributed by atoms with Gasteiger partial charge in [-0.2, -0.15) is 5.10 Å². The molecule has 0 saturated carbocycles. The Labute approximate surface area is 106 Å². The summed E-state index contributed by atoms with van der Waals surface area (Å²) < 4.78 is 5.31. The van der Waals surface area contributed by atoms with Gasteiger partial charge in [0.1, 0.15) is 0 Å². The van der Waals surface area contributed by atoms with Gasteiger partial charge in [0.25, 0.3) is 0 Å². The largest absolute Gasteiger partial charge is 0.380 e. The van der Waals surface area contributed by atoms with E-state index in [1.165, 1.54) is 0 Å². The number of fused-ring (bicyclic) bond motifs is 1. The standard InChI is InChI=1S/C13H18N4O/c14-6-9-18-8-3-7-15-13-12-5-2-1-4-11(12)10-16-17-13/h1-2,4-5,10H,3,6-9,14H2,(H,15,17). The summed E-state index contributed by atoms with van der Waals surface area (Å²) in [6, 6.07) is 8.06. The molecule has 0 aliphatic heterocycles. The average Bonchev–Trinajstić information content (AvgIpc) is 2.43. The Hall–Kier alpha value is -1.72. The van der Waals surface area contributed by atoms with Crippen LogP contribution in [0.4, 0.5) is 5.82 Å². The third kappa shape index (κ3) is 3.38. The van der Waals surface area contributed by atoms with E-state index in [0.717, 1.165) is 29.6 Å². The third-order valence-corrected chi connectivity index (χ3v) is 2.59. The first-order valence-corrected chi connectivity index (χ1v) is 6.14. The number of hydrogen-bond donors (Lipinski definition) is 2. The molecule has 96 valence electrons. The molecule has 2 rings (SSSR count). The zero-order valence-corrected chi connectivity index (χ0v) is 10.3. The zero-order valence-electron chi connectivity index (χ0n) is 10.3. The van der Waals surface area contributed by atoms with Gasteiger partial charge < -0.3 is 15.8 Å². The number of ether oxygens (including phenoxy) is 1. The molecule has 0 radical (unpaired) electrons. The van der Waals surface area contributed by atoms with Crippen molar-refractivity contribution >= 4 is 16.6 Å². The lowest BCUT2D eigenvalue weighted by molar-refractivity contribution is 0.141. The third-order valence-electron chi connectivity index (χ3n) is 2.59. The van der Waals surface area contributed by atoms with Gasteiger partial charge in [-0.1, -0.05) is 24.3 Å². The molecule has 5 heteroatoms. The molecule has 2 aromatic rings. The highest BCUT2D eigenvalue weighted by Gasteiger charge is 2.01. The van der Waals surface area contributed by atoms with E-state index < -0.39 is 0 Å². The Morgan fingerprint density at radius 3 is 3.00 bits per heavy atom. The summed E-state index contributed by atoms with van der Waals surface area (Å²) in [5.41, 5.74) is 5.34. The van der Waals surface area contributed by atoms with Crippen molar-refractivity contribution in [3.05, 3.63) is 30.5 Å². The minimum absolute atomic E-state index is 0.572. The summed E-state index contributed by atoms with van der Waals surface area (Å²) in [5.74, 6) is 0.826. The average molecular weight is 246 g/mol. The summed E-state index contributed by atoms with van der Waals surface area (Å²) in [4.78, 5) is 0. The van der Waals surface area contributed by atoms with Crippen molar-refractivity contribution in [2.45, 2.75) is 6.42 Å². The summed E-state index contributed by atoms with van der Waals surface area (Å²) in [6.45, 7) is 2.71. The number of rotatable bonds is 7. The van der Waals surface area contributed by atoms with Crippen LogP contribution in [0.1, 0.15) is 6.42 Å². The van der Waals surface area contributed by atoms with E-state index in [-0.39, 0.29) is 0 Å². The van der Waals surface area contributed by atoms with Crippen molar-refractivity contribution in [2.75, 3.05) is 31.6 Å². The fourth-order valence-corrected chi connectivity index (χ4v) is 1.72. The van der Waals surface area contributed by atoms with Crippen LogP contribution in [0.15, 0.2) is 30.5 Å². The molecule has 5 nitrogen and oxygen atoms in total. The smallest absolute Gasteiger partial charge is 0.156 e. The molecular formula is C13H18N4O. The fraction of sp³-hybridized carbons (Fsp3) is 0.385. The van der Waals surface area contributed by atoms with E-state index in [9.17, 15) is 0 Å². The van der Waals surface area contributed by atoms with E-state index in [4.69, 9.17) is 10.5 Å². The molecule has 18 heavy (non-hydrogen) atoms. The molecule has 3 N–H and O–H groups in total. The summed E-state index contributed by atoms with van der Waals surface area (Å²) >= 11 is 0. The van der Waals surface area contributed by atoms with Crippen LogP contribution in [-0.2, 0) is 4.74 Å². The SMILES string of the molecule is NCCOCCCNc1nncc2ccccc12. The molecule has 0 saturated heterocycles. The maximum absolute atomic E-state index is 5.34. The van der Waals surface area contributed by atoms with Crippen molar-refractivity contribution in [3.63, 3.8) is 0 Å². The van der Waals surface area contributed by atoms with Gasteiger partial charge in [0.2, 0.25) is 0 Å². The Balaban J connectivity index is 1.88. The summed E-state index contributed by atoms with van der Waals surface area (Å²) in [7, 11) is 0. The van der Waals surface area contributed by atoms with E-state index >= 15 is 0 Å². The number of nitrogens with zero attached hydrogens (tertiary/aromatic N) is 2. The Bertz CT molecular complexity index is 484. The first kappa shape index (κ1) is 12.7. The van der Waals surface area contributed by atoms with Crippen molar-refractivity contribution in [1.29, 1.82) is 0 Å². The first-order valence-electron chi connectivity index (χ1n) is 6.14. The highest BCUT2D eigenvalue weighted by atomic mass is 16.5. The van der Waals surface area contributed by atoms with Crippen molar-refractivity contribution in [2.24, 2.45) is 5.73 Å². The highest BCUT2D eigenvalue weighted by molar-refractivity contribution is 5.90. The van der Waals surface area contributed by atoms with Gasteiger partial charge in [-0.05, 0) is 6.42 Å². The number of anilines is 1. The van der Waals surface area contributed by atoms with E-state index in [2.05, 4.69) is 15.5 Å². The summed E-state index contributed by atoms with van der Waals surface area (Å²) in [6.07, 6.45) is 2.69. The predicted octanol–water partition coefficient (Wildman–Crippen LogP) is 1.41. The van der Waals surface area contributed by atoms with Crippen LogP contribution >= 0.6 is 0 Å². The van der Waals surface area contributed by atoms with Crippen LogP contribution in [0.3, 0.4) is 0 Å². The highest BCUT2D eigenvalue weighted by Crippen LogP contribution is 2.18. The van der Waals surface area contributed by atoms with Crippen LogP contribution in [0.25, 0.3) is 10.8 Å². The minimum Gasteiger partial charge on any atom is -0.380 e. The van der Waals surface area contributed by atoms with Crippen LogP contribution < -0.4 is 11.1 Å². The van der Waals surface area contributed by atoms with E-state index in [1.54, 1.807) is 6.20 Å². The number of aromatic nitrogens is 2. The van der Waals surface area contributed by atoms with E-state index in [0.29, 0.717) is 19.8 Å². The molecule has 0 unspecified atom stereocenters. The normalized spacial score (nSPS) is 10.7. The van der Waals surface area contributed by atoms with Crippen LogP contribution in [-0.4, -0.2) is 36.5 Å². The first-order chi connectivity index (χ1) is 8.92. The van der Waals surface area contributed by atoms with Crippen molar-refractivity contribution in [3.8, 4) is 0 Å². The second kappa shape index (κ2) is 6.88. The quantitative estimate of drug-likeness (QED) is 0.723. The van der Waals surface area contributed by atoms with Crippen molar-refractivity contribution < 1.29 is 4.74 Å². The topological polar surface area (TPSA) is 73.1 Å². The number of benzene rings is 1. The van der Waals surface area contributed by atoms with E-state index in [1.807, 2.05) is 24.3 Å².